The largest absolute Gasteiger partial charge is 0.351 e. The van der Waals surface area contributed by atoms with Gasteiger partial charge >= 0.3 is 0 Å². The number of anilines is 1. The van der Waals surface area contributed by atoms with E-state index >= 15 is 0 Å². The van der Waals surface area contributed by atoms with Crippen molar-refractivity contribution in [1.29, 1.82) is 0 Å². The van der Waals surface area contributed by atoms with Crippen molar-refractivity contribution in [3.63, 3.8) is 0 Å². The molecule has 0 aliphatic carbocycles. The fourth-order valence-corrected chi connectivity index (χ4v) is 3.47. The maximum atomic E-state index is 11.6. The summed E-state index contributed by atoms with van der Waals surface area (Å²) in [5, 5.41) is 3.72. The number of rotatable bonds is 3. The quantitative estimate of drug-likeness (QED) is 0.842. The number of hydrogen-bond acceptors (Lipinski definition) is 6. The third kappa shape index (κ3) is 3.50. The molecule has 3 rings (SSSR count). The van der Waals surface area contributed by atoms with E-state index in [0.717, 1.165) is 5.39 Å². The van der Waals surface area contributed by atoms with Crippen LogP contribution in [-0.2, 0) is 10.0 Å². The summed E-state index contributed by atoms with van der Waals surface area (Å²) in [7, 11) is -3.24. The highest BCUT2D eigenvalue weighted by atomic mass is 32.2. The molecule has 3 heterocycles. The summed E-state index contributed by atoms with van der Waals surface area (Å²) in [6.45, 7) is 2.36. The summed E-state index contributed by atoms with van der Waals surface area (Å²) < 4.78 is 33.0. The number of aromatic amines is 1. The number of sulfonamides is 1. The van der Waals surface area contributed by atoms with Crippen molar-refractivity contribution in [2.75, 3.05) is 24.7 Å². The Kier molecular flexibility index (Phi) is 3.74. The average molecular weight is 338 g/mol. The van der Waals surface area contributed by atoms with Gasteiger partial charge in [-0.2, -0.15) is 4.98 Å². The molecule has 0 radical (unpaired) electrons. The number of fused-ring (bicyclic) bond motifs is 1. The first-order valence-corrected chi connectivity index (χ1v) is 9.12. The molecular formula is C14H19N5O3S. The Morgan fingerprint density at radius 2 is 2.04 bits per heavy atom. The number of aryl methyl sites for hydroxylation is 1. The Morgan fingerprint density at radius 3 is 2.70 bits per heavy atom. The first kappa shape index (κ1) is 14.6. The van der Waals surface area contributed by atoms with Crippen LogP contribution < -0.4 is 10.9 Å². The second kappa shape index (κ2) is 5.89. The van der Waals surface area contributed by atoms with Crippen LogP contribution in [0, 0.1) is 6.92 Å². The summed E-state index contributed by atoms with van der Waals surface area (Å²) in [4.78, 5) is 22.7. The van der Waals surface area contributed by atoms with Crippen LogP contribution in [-0.4, -0.2) is 53.0 Å². The van der Waals surface area contributed by atoms with Crippen LogP contribution >= 0.6 is 0 Å². The van der Waals surface area contributed by atoms with E-state index in [-0.39, 0.29) is 24.6 Å². The Morgan fingerprint density at radius 1 is 1.35 bits per heavy atom. The summed E-state index contributed by atoms with van der Waals surface area (Å²) >= 11 is 0. The van der Waals surface area contributed by atoms with E-state index in [1.165, 1.54) is 16.6 Å². The maximum Gasteiger partial charge on any atom is 0.249 e. The fraction of sp³-hybridized carbons (Fsp3) is 0.500. The highest BCUT2D eigenvalue weighted by molar-refractivity contribution is 7.88. The van der Waals surface area contributed by atoms with E-state index in [1.807, 2.05) is 0 Å². The lowest BCUT2D eigenvalue weighted by atomic mass is 10.1. The van der Waals surface area contributed by atoms with Gasteiger partial charge in [-0.15, -0.1) is 0 Å². The van der Waals surface area contributed by atoms with Gasteiger partial charge in [0.05, 0.1) is 13.3 Å². The summed E-state index contributed by atoms with van der Waals surface area (Å²) in [5.74, 6) is 0.254. The lowest BCUT2D eigenvalue weighted by Crippen LogP contribution is -2.42. The number of H-pyrrole nitrogens is 1. The van der Waals surface area contributed by atoms with Crippen LogP contribution in [0.4, 0.5) is 5.95 Å². The Balaban J connectivity index is 1.83. The van der Waals surface area contributed by atoms with Crippen molar-refractivity contribution in [1.82, 2.24) is 19.3 Å². The number of pyridine rings is 1. The number of aromatic nitrogens is 3. The van der Waals surface area contributed by atoms with Crippen molar-refractivity contribution in [3.8, 4) is 0 Å². The molecule has 1 aliphatic rings. The predicted octanol–water partition coefficient (Wildman–Crippen LogP) is 0.462. The van der Waals surface area contributed by atoms with Gasteiger partial charge in [0.25, 0.3) is 0 Å². The van der Waals surface area contributed by atoms with Gasteiger partial charge in [-0.25, -0.2) is 17.7 Å². The highest BCUT2D eigenvalue weighted by Gasteiger charge is 2.25. The van der Waals surface area contributed by atoms with Crippen molar-refractivity contribution >= 4 is 27.0 Å². The van der Waals surface area contributed by atoms with Gasteiger partial charge in [-0.05, 0) is 25.8 Å². The highest BCUT2D eigenvalue weighted by Crippen LogP contribution is 2.18. The Bertz CT molecular complexity index is 935. The predicted molar refractivity (Wildman–Crippen MR) is 88.0 cm³/mol. The molecule has 2 aromatic heterocycles. The Hall–Kier alpha value is -2.00. The van der Waals surface area contributed by atoms with Crippen LogP contribution in [0.2, 0.25) is 0 Å². The molecule has 0 aromatic carbocycles. The van der Waals surface area contributed by atoms with E-state index in [1.54, 1.807) is 13.0 Å². The third-order valence-electron chi connectivity index (χ3n) is 3.86. The first-order chi connectivity index (χ1) is 11.2. The topological polar surface area (TPSA) is 108 Å². The number of hydrogen-bond donors (Lipinski definition) is 2. The zero-order valence-electron chi connectivity index (χ0n) is 14.0. The van der Waals surface area contributed by atoms with Crippen LogP contribution in [0.15, 0.2) is 16.9 Å². The van der Waals surface area contributed by atoms with Crippen LogP contribution in [0.5, 0.6) is 0 Å². The summed E-state index contributed by atoms with van der Waals surface area (Å²) in [5.41, 5.74) is 0.846. The molecule has 124 valence electrons. The minimum absolute atomic E-state index is 0.254. The molecule has 23 heavy (non-hydrogen) atoms. The van der Waals surface area contributed by atoms with Crippen molar-refractivity contribution < 1.29 is 9.79 Å². The zero-order chi connectivity index (χ0) is 17.5. The molecule has 1 aliphatic heterocycles. The molecule has 1 fully saturated rings. The van der Waals surface area contributed by atoms with Crippen LogP contribution in [0.3, 0.4) is 0 Å². The van der Waals surface area contributed by atoms with E-state index in [9.17, 15) is 13.2 Å². The number of nitrogens with one attached hydrogen (secondary N) is 2. The smallest absolute Gasteiger partial charge is 0.249 e. The van der Waals surface area contributed by atoms with Crippen molar-refractivity contribution in [2.45, 2.75) is 25.8 Å². The van der Waals surface area contributed by atoms with Crippen molar-refractivity contribution in [3.05, 3.63) is 28.2 Å². The normalized spacial score (nSPS) is 19.5. The standard InChI is InChI=1S/C14H19N5O3S/c1-9-11-3-4-12(20)17-13(11)18-14(15-9)16-10-5-7-19(8-6-10)23(2,21)22/h3-4,10H,5-8H2,1-2H3,(H2,15,16,17,18,20)/i10D. The second-order valence-corrected chi connectivity index (χ2v) is 7.59. The van der Waals surface area contributed by atoms with Crippen molar-refractivity contribution in [2.24, 2.45) is 0 Å². The first-order valence-electron chi connectivity index (χ1n) is 7.77. The molecule has 0 saturated carbocycles. The lowest BCUT2D eigenvalue weighted by Gasteiger charge is -2.30. The van der Waals surface area contributed by atoms with E-state index in [2.05, 4.69) is 20.3 Å². The van der Waals surface area contributed by atoms with Gasteiger partial charge in [0.15, 0.2) is 0 Å². The van der Waals surface area contributed by atoms with E-state index in [0.29, 0.717) is 24.2 Å². The zero-order valence-corrected chi connectivity index (χ0v) is 13.8. The van der Waals surface area contributed by atoms with Gasteiger partial charge in [0.1, 0.15) is 5.65 Å². The van der Waals surface area contributed by atoms with Crippen LogP contribution in [0.25, 0.3) is 11.0 Å². The average Bonchev–Trinajstić information content (AvgIpc) is 2.45. The maximum absolute atomic E-state index is 11.6. The molecule has 2 N–H and O–H groups in total. The molecule has 8 nitrogen and oxygen atoms in total. The van der Waals surface area contributed by atoms with Gasteiger partial charge in [-0.1, -0.05) is 0 Å². The van der Waals surface area contributed by atoms with Gasteiger partial charge < -0.3 is 10.3 Å². The molecular weight excluding hydrogens is 318 g/mol. The summed E-state index contributed by atoms with van der Waals surface area (Å²) in [6.07, 6.45) is 1.82. The minimum atomic E-state index is -3.24. The van der Waals surface area contributed by atoms with Gasteiger partial charge in [0.2, 0.25) is 21.5 Å². The second-order valence-electron chi connectivity index (χ2n) is 5.61. The SMILES string of the molecule is [2H]C1(Nc2nc(C)c3ccc(=O)[nH]c3n2)CCN(S(C)(=O)=O)CC1. The monoisotopic (exact) mass is 338 g/mol. The molecule has 0 unspecified atom stereocenters. The van der Waals surface area contributed by atoms with E-state index in [4.69, 9.17) is 1.37 Å². The third-order valence-corrected chi connectivity index (χ3v) is 5.17. The number of piperidine rings is 1. The fourth-order valence-electron chi connectivity index (χ4n) is 2.62. The Labute approximate surface area is 135 Å². The molecule has 9 heteroatoms. The number of nitrogens with zero attached hydrogens (tertiary/aromatic N) is 3. The van der Waals surface area contributed by atoms with Gasteiger partial charge in [0, 0.05) is 30.6 Å². The molecule has 0 spiro atoms. The molecule has 0 bridgehead atoms. The van der Waals surface area contributed by atoms with Crippen LogP contribution in [0.1, 0.15) is 19.9 Å². The molecule has 0 atom stereocenters. The van der Waals surface area contributed by atoms with Gasteiger partial charge in [-0.3, -0.25) is 4.79 Å². The minimum Gasteiger partial charge on any atom is -0.351 e. The molecule has 0 amide bonds. The molecule has 1 saturated heterocycles. The van der Waals surface area contributed by atoms with E-state index < -0.39 is 16.0 Å². The molecule has 2 aromatic rings. The lowest BCUT2D eigenvalue weighted by molar-refractivity contribution is 0.331. The summed E-state index contributed by atoms with van der Waals surface area (Å²) in [6, 6.07) is 2.03.